The third kappa shape index (κ3) is 3.26. The summed E-state index contributed by atoms with van der Waals surface area (Å²) in [6, 6.07) is 3.90. The highest BCUT2D eigenvalue weighted by atomic mass is 32.1. The van der Waals surface area contributed by atoms with Gasteiger partial charge in [-0.05, 0) is 30.9 Å². The molecule has 1 atom stereocenters. The van der Waals surface area contributed by atoms with Gasteiger partial charge in [0.2, 0.25) is 0 Å². The molecule has 0 aliphatic heterocycles. The van der Waals surface area contributed by atoms with E-state index < -0.39 is 5.41 Å². The first kappa shape index (κ1) is 20.7. The van der Waals surface area contributed by atoms with Crippen molar-refractivity contribution in [3.8, 4) is 5.75 Å². The van der Waals surface area contributed by atoms with Gasteiger partial charge < -0.3 is 10.1 Å². The molecule has 0 saturated carbocycles. The van der Waals surface area contributed by atoms with Crippen molar-refractivity contribution in [1.82, 2.24) is 25.2 Å². The van der Waals surface area contributed by atoms with Crippen molar-refractivity contribution < 1.29 is 14.4 Å². The van der Waals surface area contributed by atoms with Crippen LogP contribution in [0.4, 0.5) is 11.5 Å². The van der Waals surface area contributed by atoms with E-state index in [-0.39, 0.29) is 5.91 Å². The maximum Gasteiger partial charge on any atom is 0.252 e. The molecule has 3 heterocycles. The maximum atomic E-state index is 12.9. The first-order valence-corrected chi connectivity index (χ1v) is 11.1. The number of benzene rings is 1. The summed E-state index contributed by atoms with van der Waals surface area (Å²) in [5.74, 6) is 1.42. The van der Waals surface area contributed by atoms with E-state index in [0.717, 1.165) is 45.5 Å². The predicted octanol–water partition coefficient (Wildman–Crippen LogP) is 3.83. The average Bonchev–Trinajstić information content (AvgIpc) is 3.40. The predicted molar refractivity (Wildman–Crippen MR) is 123 cm³/mol. The highest BCUT2D eigenvalue weighted by Crippen LogP contribution is 2.45. The molecule has 1 aromatic carbocycles. The van der Waals surface area contributed by atoms with Crippen molar-refractivity contribution >= 4 is 49.9 Å². The quantitative estimate of drug-likeness (QED) is 0.443. The molecule has 0 bridgehead atoms. The molecule has 4 aromatic rings. The Hall–Kier alpha value is -3.24. The second kappa shape index (κ2) is 7.72. The zero-order chi connectivity index (χ0) is 22.5. The van der Waals surface area contributed by atoms with E-state index in [4.69, 9.17) is 9.57 Å². The Morgan fingerprint density at radius 1 is 1.31 bits per heavy atom. The summed E-state index contributed by atoms with van der Waals surface area (Å²) >= 11 is 1.63. The largest absolute Gasteiger partial charge is 0.494 e. The van der Waals surface area contributed by atoms with Gasteiger partial charge >= 0.3 is 0 Å². The van der Waals surface area contributed by atoms with Crippen molar-refractivity contribution in [2.24, 2.45) is 5.41 Å². The van der Waals surface area contributed by atoms with Gasteiger partial charge in [0.05, 0.1) is 42.4 Å². The number of hydroxylamine groups is 2. The molecular weight excluding hydrogens is 428 g/mol. The number of rotatable bonds is 5. The van der Waals surface area contributed by atoms with Crippen LogP contribution in [-0.4, -0.2) is 52.4 Å². The zero-order valence-corrected chi connectivity index (χ0v) is 19.2. The Morgan fingerprint density at radius 3 is 2.94 bits per heavy atom. The molecule has 3 aromatic heterocycles. The van der Waals surface area contributed by atoms with Gasteiger partial charge in [-0.2, -0.15) is 5.10 Å². The van der Waals surface area contributed by atoms with Crippen LogP contribution in [0.5, 0.6) is 5.75 Å². The van der Waals surface area contributed by atoms with E-state index in [9.17, 15) is 4.79 Å². The Kier molecular flexibility index (Phi) is 4.98. The average molecular weight is 453 g/mol. The number of methoxy groups -OCH3 is 1. The van der Waals surface area contributed by atoms with Crippen LogP contribution in [0.15, 0.2) is 24.7 Å². The lowest BCUT2D eigenvalue weighted by Gasteiger charge is -2.34. The third-order valence-corrected chi connectivity index (χ3v) is 7.38. The molecule has 0 fully saturated rings. The molecule has 2 N–H and O–H groups in total. The standard InChI is InChI=1S/C22H24N6O3S/c1-22(21(29)28(2)31-4)6-5-13-17(9-22)32-20-18(13)19(23-11-24-20)26-15-7-12-10-25-27-14(12)8-16(15)30-3/h7-8,10-11H,5-6,9H2,1-4H3,(H,25,27)(H,23,24,26). The number of ether oxygens (including phenoxy) is 1. The normalized spacial score (nSPS) is 18.0. The lowest BCUT2D eigenvalue weighted by atomic mass is 9.74. The number of anilines is 2. The van der Waals surface area contributed by atoms with E-state index in [1.165, 1.54) is 22.6 Å². The SMILES string of the molecule is COc1cc2[nH]ncc2cc1Nc1ncnc2sc3c(c12)CCC(C)(C(=O)N(C)OC)C3. The summed E-state index contributed by atoms with van der Waals surface area (Å²) in [4.78, 5) is 29.2. The van der Waals surface area contributed by atoms with Crippen molar-refractivity contribution in [2.75, 3.05) is 26.6 Å². The number of hydrogen-bond donors (Lipinski definition) is 2. The minimum atomic E-state index is -0.505. The number of carbonyl (C=O) groups excluding carboxylic acids is 1. The van der Waals surface area contributed by atoms with Crippen molar-refractivity contribution in [2.45, 2.75) is 26.2 Å². The molecule has 1 unspecified atom stereocenters. The van der Waals surface area contributed by atoms with Crippen LogP contribution < -0.4 is 10.1 Å². The summed E-state index contributed by atoms with van der Waals surface area (Å²) in [5, 5.41) is 13.8. The van der Waals surface area contributed by atoms with E-state index in [1.807, 2.05) is 19.1 Å². The van der Waals surface area contributed by atoms with Gasteiger partial charge in [0.25, 0.3) is 5.91 Å². The minimum Gasteiger partial charge on any atom is -0.494 e. The summed E-state index contributed by atoms with van der Waals surface area (Å²) in [5.41, 5.74) is 2.41. The van der Waals surface area contributed by atoms with Crippen LogP contribution >= 0.6 is 11.3 Å². The second-order valence-electron chi connectivity index (χ2n) is 8.26. The maximum absolute atomic E-state index is 12.9. The molecule has 9 nitrogen and oxygen atoms in total. The number of hydrogen-bond acceptors (Lipinski definition) is 8. The number of H-pyrrole nitrogens is 1. The molecule has 5 rings (SSSR count). The van der Waals surface area contributed by atoms with E-state index in [1.54, 1.807) is 38.0 Å². The topological polar surface area (TPSA) is 105 Å². The van der Waals surface area contributed by atoms with Gasteiger partial charge in [-0.15, -0.1) is 11.3 Å². The molecular formula is C22H24N6O3S. The number of fused-ring (bicyclic) bond motifs is 4. The van der Waals surface area contributed by atoms with Gasteiger partial charge in [-0.3, -0.25) is 14.7 Å². The fraction of sp³-hybridized carbons (Fsp3) is 0.364. The smallest absolute Gasteiger partial charge is 0.252 e. The number of nitrogens with zero attached hydrogens (tertiary/aromatic N) is 4. The molecule has 10 heteroatoms. The summed E-state index contributed by atoms with van der Waals surface area (Å²) in [6.45, 7) is 2.01. The first-order chi connectivity index (χ1) is 15.4. The number of aromatic nitrogens is 4. The van der Waals surface area contributed by atoms with Crippen molar-refractivity contribution in [1.29, 1.82) is 0 Å². The summed E-state index contributed by atoms with van der Waals surface area (Å²) < 4.78 is 5.58. The van der Waals surface area contributed by atoms with Gasteiger partial charge in [-0.25, -0.2) is 15.0 Å². The van der Waals surface area contributed by atoms with Gasteiger partial charge in [0, 0.05) is 23.4 Å². The number of amides is 1. The van der Waals surface area contributed by atoms with E-state index in [2.05, 4.69) is 25.5 Å². The third-order valence-electron chi connectivity index (χ3n) is 6.24. The van der Waals surface area contributed by atoms with E-state index in [0.29, 0.717) is 12.2 Å². The van der Waals surface area contributed by atoms with Crippen LogP contribution in [0.1, 0.15) is 23.8 Å². The highest BCUT2D eigenvalue weighted by Gasteiger charge is 2.41. The molecule has 166 valence electrons. The fourth-order valence-corrected chi connectivity index (χ4v) is 5.77. The van der Waals surface area contributed by atoms with Crippen LogP contribution in [-0.2, 0) is 22.5 Å². The number of aryl methyl sites for hydroxylation is 1. The molecule has 1 aliphatic carbocycles. The van der Waals surface area contributed by atoms with E-state index >= 15 is 0 Å². The minimum absolute atomic E-state index is 0.00862. The van der Waals surface area contributed by atoms with Crippen LogP contribution in [0, 0.1) is 5.41 Å². The first-order valence-electron chi connectivity index (χ1n) is 10.3. The van der Waals surface area contributed by atoms with Crippen LogP contribution in [0.2, 0.25) is 0 Å². The number of aromatic amines is 1. The fourth-order valence-electron chi connectivity index (χ4n) is 4.39. The second-order valence-corrected chi connectivity index (χ2v) is 9.35. The van der Waals surface area contributed by atoms with Crippen molar-refractivity contribution in [3.05, 3.63) is 35.1 Å². The van der Waals surface area contributed by atoms with Crippen molar-refractivity contribution in [3.63, 3.8) is 0 Å². The van der Waals surface area contributed by atoms with Gasteiger partial charge in [0.15, 0.2) is 0 Å². The monoisotopic (exact) mass is 452 g/mol. The molecule has 32 heavy (non-hydrogen) atoms. The summed E-state index contributed by atoms with van der Waals surface area (Å²) in [7, 11) is 4.81. The highest BCUT2D eigenvalue weighted by molar-refractivity contribution is 7.19. The van der Waals surface area contributed by atoms with Crippen LogP contribution in [0.3, 0.4) is 0 Å². The number of carbonyl (C=O) groups is 1. The Bertz CT molecular complexity index is 1330. The summed E-state index contributed by atoms with van der Waals surface area (Å²) in [6.07, 6.45) is 5.50. The van der Waals surface area contributed by atoms with Crippen LogP contribution in [0.25, 0.3) is 21.1 Å². The molecule has 1 amide bonds. The molecule has 0 saturated heterocycles. The number of thiophene rings is 1. The number of nitrogens with one attached hydrogen (secondary N) is 2. The Morgan fingerprint density at radius 2 is 2.16 bits per heavy atom. The van der Waals surface area contributed by atoms with Gasteiger partial charge in [-0.1, -0.05) is 6.92 Å². The van der Waals surface area contributed by atoms with Gasteiger partial charge in [0.1, 0.15) is 22.7 Å². The lowest BCUT2D eigenvalue weighted by Crippen LogP contribution is -2.42. The molecule has 0 spiro atoms. The Labute approximate surface area is 188 Å². The Balaban J connectivity index is 1.54. The zero-order valence-electron chi connectivity index (χ0n) is 18.4. The lowest BCUT2D eigenvalue weighted by molar-refractivity contribution is -0.180. The molecule has 0 radical (unpaired) electrons. The molecule has 1 aliphatic rings.